The highest BCUT2D eigenvalue weighted by Gasteiger charge is 2.27. The first-order valence-corrected chi connectivity index (χ1v) is 23.5. The maximum Gasteiger partial charge on any atom is 0.146 e. The molecular formula is C64H42N4O. The zero-order valence-corrected chi connectivity index (χ0v) is 37.4. The van der Waals surface area contributed by atoms with E-state index >= 15 is 0 Å². The molecule has 0 atom stereocenters. The lowest BCUT2D eigenvalue weighted by atomic mass is 9.98. The van der Waals surface area contributed by atoms with E-state index in [0.717, 1.165) is 116 Å². The van der Waals surface area contributed by atoms with Crippen LogP contribution in [0.1, 0.15) is 0 Å². The first-order chi connectivity index (χ1) is 34.3. The Labute approximate surface area is 398 Å². The molecule has 0 radical (unpaired) electrons. The van der Waals surface area contributed by atoms with Crippen molar-refractivity contribution < 1.29 is 4.42 Å². The van der Waals surface area contributed by atoms with Gasteiger partial charge < -0.3 is 23.4 Å². The van der Waals surface area contributed by atoms with Crippen molar-refractivity contribution in [2.45, 2.75) is 0 Å². The summed E-state index contributed by atoms with van der Waals surface area (Å²) in [6.45, 7) is 0. The molecule has 5 heteroatoms. The van der Waals surface area contributed by atoms with Crippen LogP contribution in [0.15, 0.2) is 259 Å². The molecule has 5 nitrogen and oxygen atoms in total. The second-order valence-electron chi connectivity index (χ2n) is 17.7. The number of para-hydroxylation sites is 6. The van der Waals surface area contributed by atoms with Gasteiger partial charge in [-0.25, -0.2) is 0 Å². The molecule has 0 aliphatic heterocycles. The van der Waals surface area contributed by atoms with E-state index in [2.05, 4.69) is 274 Å². The minimum atomic E-state index is 0.870. The molecule has 324 valence electrons. The lowest BCUT2D eigenvalue weighted by Gasteiger charge is -2.25. The van der Waals surface area contributed by atoms with Crippen molar-refractivity contribution in [3.05, 3.63) is 255 Å². The Morgan fingerprint density at radius 2 is 0.667 bits per heavy atom. The van der Waals surface area contributed by atoms with Crippen LogP contribution in [-0.2, 0) is 0 Å². The van der Waals surface area contributed by atoms with Crippen molar-refractivity contribution in [3.63, 3.8) is 0 Å². The minimum Gasteiger partial charge on any atom is -0.455 e. The van der Waals surface area contributed by atoms with Crippen LogP contribution in [0.4, 0.5) is 34.1 Å². The normalized spacial score (nSPS) is 11.8. The van der Waals surface area contributed by atoms with Crippen LogP contribution >= 0.6 is 0 Å². The Kier molecular flexibility index (Phi) is 8.83. The summed E-state index contributed by atoms with van der Waals surface area (Å²) in [5.74, 6) is 0. The first kappa shape index (κ1) is 38.9. The van der Waals surface area contributed by atoms with Crippen LogP contribution in [0.25, 0.3) is 87.7 Å². The molecule has 0 fully saturated rings. The molecule has 69 heavy (non-hydrogen) atoms. The van der Waals surface area contributed by atoms with E-state index in [9.17, 15) is 0 Å². The molecule has 0 aliphatic carbocycles. The number of hydrogen-bond acceptors (Lipinski definition) is 3. The lowest BCUT2D eigenvalue weighted by molar-refractivity contribution is 0.677. The molecule has 0 amide bonds. The molecule has 14 aromatic rings. The van der Waals surface area contributed by atoms with E-state index in [1.165, 1.54) is 5.39 Å². The van der Waals surface area contributed by atoms with E-state index in [4.69, 9.17) is 4.42 Å². The Morgan fingerprint density at radius 3 is 1.17 bits per heavy atom. The highest BCUT2D eigenvalue weighted by molar-refractivity contribution is 6.37. The largest absolute Gasteiger partial charge is 0.455 e. The molecule has 0 aliphatic rings. The monoisotopic (exact) mass is 882 g/mol. The van der Waals surface area contributed by atoms with Gasteiger partial charge in [0, 0.05) is 72.4 Å². The predicted molar refractivity (Wildman–Crippen MR) is 289 cm³/mol. The molecule has 3 heterocycles. The molecule has 11 aromatic carbocycles. The summed E-state index contributed by atoms with van der Waals surface area (Å²) in [6, 6.07) is 91.2. The van der Waals surface area contributed by atoms with Gasteiger partial charge in [-0.15, -0.1) is 0 Å². The third-order valence-electron chi connectivity index (χ3n) is 13.8. The van der Waals surface area contributed by atoms with Gasteiger partial charge in [-0.3, -0.25) is 0 Å². The maximum absolute atomic E-state index is 7.69. The Bertz CT molecular complexity index is 4140. The minimum absolute atomic E-state index is 0.870. The molecule has 14 rings (SSSR count). The van der Waals surface area contributed by atoms with Gasteiger partial charge in [0.05, 0.1) is 32.8 Å². The SMILES string of the molecule is c1ccc(N(c2ccccc2)c2ccc3c(c2)c2c4oc5c(c6ccccc6c6c5c5cc(N(c7ccccc7)c7ccccc7)ccc5n6-c5ccccc5)c4ccc2n3-c2ccccc2)cc1. The van der Waals surface area contributed by atoms with E-state index in [-0.39, 0.29) is 0 Å². The Morgan fingerprint density at radius 1 is 0.261 bits per heavy atom. The summed E-state index contributed by atoms with van der Waals surface area (Å²) in [6.07, 6.45) is 0. The van der Waals surface area contributed by atoms with E-state index in [1.807, 2.05) is 0 Å². The van der Waals surface area contributed by atoms with E-state index in [0.29, 0.717) is 0 Å². The first-order valence-electron chi connectivity index (χ1n) is 23.5. The maximum atomic E-state index is 7.69. The number of nitrogens with zero attached hydrogens (tertiary/aromatic N) is 4. The van der Waals surface area contributed by atoms with Crippen LogP contribution in [0.2, 0.25) is 0 Å². The fourth-order valence-corrected chi connectivity index (χ4v) is 10.9. The molecule has 0 unspecified atom stereocenters. The van der Waals surface area contributed by atoms with Crippen LogP contribution in [0, 0.1) is 0 Å². The van der Waals surface area contributed by atoms with Gasteiger partial charge >= 0.3 is 0 Å². The van der Waals surface area contributed by atoms with E-state index < -0.39 is 0 Å². The lowest BCUT2D eigenvalue weighted by Crippen LogP contribution is -2.09. The van der Waals surface area contributed by atoms with Crippen molar-refractivity contribution in [3.8, 4) is 11.4 Å². The summed E-state index contributed by atoms with van der Waals surface area (Å²) in [5, 5.41) is 8.91. The third-order valence-corrected chi connectivity index (χ3v) is 13.8. The van der Waals surface area contributed by atoms with Crippen molar-refractivity contribution in [2.75, 3.05) is 9.80 Å². The molecule has 3 aromatic heterocycles. The fraction of sp³-hybridized carbons (Fsp3) is 0. The highest BCUT2D eigenvalue weighted by atomic mass is 16.3. The standard InChI is InChI=1S/C64H42N4O/c1-7-21-43(22-8-1)65(44-23-9-2-10-24-44)49-35-38-56-54(41-49)60-58(67(56)47-29-15-5-16-30-47)40-37-53-59-51-33-19-20-34-52(51)62-61(64(59)69-63(53)60)55-42-50(36-39-57(55)68(62)48-31-17-6-18-32-48)66(45-25-11-3-12-26-45)46-27-13-4-14-28-46/h1-42H. The summed E-state index contributed by atoms with van der Waals surface area (Å²) in [5.41, 5.74) is 14.8. The second-order valence-corrected chi connectivity index (χ2v) is 17.7. The molecule has 0 spiro atoms. The second kappa shape index (κ2) is 15.7. The van der Waals surface area contributed by atoms with Gasteiger partial charge in [0.2, 0.25) is 0 Å². The van der Waals surface area contributed by atoms with Gasteiger partial charge in [-0.05, 0) is 127 Å². The van der Waals surface area contributed by atoms with Crippen molar-refractivity contribution in [1.29, 1.82) is 0 Å². The van der Waals surface area contributed by atoms with Crippen molar-refractivity contribution in [2.24, 2.45) is 0 Å². The quantitative estimate of drug-likeness (QED) is 0.152. The molecule has 0 bridgehead atoms. The van der Waals surface area contributed by atoms with Crippen LogP contribution in [0.3, 0.4) is 0 Å². The predicted octanol–water partition coefficient (Wildman–Crippen LogP) is 17.9. The molecular weight excluding hydrogens is 841 g/mol. The van der Waals surface area contributed by atoms with Crippen LogP contribution in [-0.4, -0.2) is 9.13 Å². The van der Waals surface area contributed by atoms with Crippen molar-refractivity contribution >= 4 is 110 Å². The number of rotatable bonds is 8. The number of fused-ring (bicyclic) bond motifs is 14. The van der Waals surface area contributed by atoms with Gasteiger partial charge in [0.15, 0.2) is 0 Å². The molecule has 0 N–H and O–H groups in total. The molecule has 0 saturated carbocycles. The Balaban J connectivity index is 1.13. The zero-order chi connectivity index (χ0) is 45.4. The molecule has 0 saturated heterocycles. The smallest absolute Gasteiger partial charge is 0.146 e. The third kappa shape index (κ3) is 6.04. The number of hydrogen-bond donors (Lipinski definition) is 0. The number of furan rings is 1. The summed E-state index contributed by atoms with van der Waals surface area (Å²) in [4.78, 5) is 4.68. The topological polar surface area (TPSA) is 29.5 Å². The van der Waals surface area contributed by atoms with Gasteiger partial charge in [0.1, 0.15) is 11.2 Å². The summed E-state index contributed by atoms with van der Waals surface area (Å²) in [7, 11) is 0. The van der Waals surface area contributed by atoms with Gasteiger partial charge in [0.25, 0.3) is 0 Å². The summed E-state index contributed by atoms with van der Waals surface area (Å²) < 4.78 is 12.5. The van der Waals surface area contributed by atoms with Crippen molar-refractivity contribution in [1.82, 2.24) is 9.13 Å². The fourth-order valence-electron chi connectivity index (χ4n) is 10.9. The number of aromatic nitrogens is 2. The average molecular weight is 883 g/mol. The highest BCUT2D eigenvalue weighted by Crippen LogP contribution is 2.50. The van der Waals surface area contributed by atoms with Crippen LogP contribution in [0.5, 0.6) is 0 Å². The Hall–Kier alpha value is -9.32. The average Bonchev–Trinajstić information content (AvgIpc) is 4.09. The van der Waals surface area contributed by atoms with Gasteiger partial charge in [-0.1, -0.05) is 133 Å². The van der Waals surface area contributed by atoms with Gasteiger partial charge in [-0.2, -0.15) is 0 Å². The number of anilines is 6. The van der Waals surface area contributed by atoms with E-state index in [1.54, 1.807) is 0 Å². The zero-order valence-electron chi connectivity index (χ0n) is 37.4. The summed E-state index contributed by atoms with van der Waals surface area (Å²) >= 11 is 0. The van der Waals surface area contributed by atoms with Crippen LogP contribution < -0.4 is 9.80 Å². The number of benzene rings is 11.